The molecule has 1 unspecified atom stereocenters. The van der Waals surface area contributed by atoms with Crippen molar-refractivity contribution in [1.82, 2.24) is 5.43 Å². The first-order chi connectivity index (χ1) is 9.88. The van der Waals surface area contributed by atoms with Crippen molar-refractivity contribution in [3.05, 3.63) is 29.3 Å². The number of Topliss-reactive ketones (excluding diaryl/α,β-unsaturated/α-hetero) is 1. The molecule has 110 valence electrons. The molecule has 0 radical (unpaired) electrons. The zero-order valence-electron chi connectivity index (χ0n) is 12.2. The summed E-state index contributed by atoms with van der Waals surface area (Å²) >= 11 is 0. The molecule has 0 aromatic heterocycles. The predicted octanol–water partition coefficient (Wildman–Crippen LogP) is 1.71. The molecule has 2 amide bonds. The molecule has 1 aliphatic rings. The molecular weight excluding hydrogens is 270 g/mol. The second-order valence-corrected chi connectivity index (χ2v) is 5.13. The van der Waals surface area contributed by atoms with Gasteiger partial charge in [-0.2, -0.15) is 5.10 Å². The van der Waals surface area contributed by atoms with Gasteiger partial charge in [0, 0.05) is 24.8 Å². The zero-order valence-corrected chi connectivity index (χ0v) is 12.2. The van der Waals surface area contributed by atoms with Crippen LogP contribution in [0, 0.1) is 5.92 Å². The van der Waals surface area contributed by atoms with E-state index < -0.39 is 0 Å². The summed E-state index contributed by atoms with van der Waals surface area (Å²) in [7, 11) is 0. The first-order valence-corrected chi connectivity index (χ1v) is 6.68. The van der Waals surface area contributed by atoms with Crippen LogP contribution in [-0.2, 0) is 9.59 Å². The highest BCUT2D eigenvalue weighted by Gasteiger charge is 2.22. The molecule has 1 aromatic rings. The third kappa shape index (κ3) is 3.34. The van der Waals surface area contributed by atoms with Crippen molar-refractivity contribution in [1.29, 1.82) is 0 Å². The van der Waals surface area contributed by atoms with Crippen LogP contribution in [0.4, 0.5) is 5.69 Å². The number of benzene rings is 1. The maximum absolute atomic E-state index is 11.8. The van der Waals surface area contributed by atoms with E-state index in [9.17, 15) is 14.4 Å². The van der Waals surface area contributed by atoms with Gasteiger partial charge in [0.15, 0.2) is 5.78 Å². The average molecular weight is 287 g/mol. The number of carbonyl (C=O) groups excluding carboxylic acids is 3. The van der Waals surface area contributed by atoms with Crippen molar-refractivity contribution in [2.45, 2.75) is 27.2 Å². The summed E-state index contributed by atoms with van der Waals surface area (Å²) in [6.07, 6.45) is 0.363. The Bertz CT molecular complexity index is 650. The van der Waals surface area contributed by atoms with Gasteiger partial charge in [0.1, 0.15) is 0 Å². The molecule has 0 saturated heterocycles. The van der Waals surface area contributed by atoms with Gasteiger partial charge in [0.25, 0.3) is 0 Å². The molecule has 0 spiro atoms. The number of rotatable bonds is 3. The molecule has 6 heteroatoms. The number of carbonyl (C=O) groups is 3. The largest absolute Gasteiger partial charge is 0.326 e. The van der Waals surface area contributed by atoms with E-state index >= 15 is 0 Å². The quantitative estimate of drug-likeness (QED) is 0.829. The van der Waals surface area contributed by atoms with E-state index in [0.29, 0.717) is 17.7 Å². The normalized spacial score (nSPS) is 17.8. The van der Waals surface area contributed by atoms with E-state index in [1.165, 1.54) is 13.8 Å². The second-order valence-electron chi connectivity index (χ2n) is 5.13. The molecular formula is C15H17N3O3. The van der Waals surface area contributed by atoms with Gasteiger partial charge in [0.05, 0.1) is 11.4 Å². The third-order valence-corrected chi connectivity index (χ3v) is 3.26. The number of hydrogen-bond acceptors (Lipinski definition) is 4. The molecule has 1 heterocycles. The highest BCUT2D eigenvalue weighted by Crippen LogP contribution is 2.23. The first-order valence-electron chi connectivity index (χ1n) is 6.68. The Morgan fingerprint density at radius 1 is 1.33 bits per heavy atom. The average Bonchev–Trinajstić information content (AvgIpc) is 2.38. The molecule has 0 bridgehead atoms. The summed E-state index contributed by atoms with van der Waals surface area (Å²) in [5.74, 6) is -0.521. The van der Waals surface area contributed by atoms with Gasteiger partial charge in [-0.3, -0.25) is 14.4 Å². The molecule has 2 N–H and O–H groups in total. The molecule has 1 atom stereocenters. The van der Waals surface area contributed by atoms with E-state index in [1.54, 1.807) is 18.2 Å². The number of amides is 2. The highest BCUT2D eigenvalue weighted by molar-refractivity contribution is 6.09. The van der Waals surface area contributed by atoms with E-state index in [-0.39, 0.29) is 23.5 Å². The predicted molar refractivity (Wildman–Crippen MR) is 79.2 cm³/mol. The van der Waals surface area contributed by atoms with Crippen LogP contribution in [0.3, 0.4) is 0 Å². The Balaban J connectivity index is 2.43. The maximum Gasteiger partial charge on any atom is 0.240 e. The number of hydrazone groups is 1. The van der Waals surface area contributed by atoms with Gasteiger partial charge in [-0.15, -0.1) is 0 Å². The minimum atomic E-state index is -0.235. The number of hydrogen-bond donors (Lipinski definition) is 2. The lowest BCUT2D eigenvalue weighted by Gasteiger charge is -2.20. The van der Waals surface area contributed by atoms with Crippen LogP contribution >= 0.6 is 0 Å². The summed E-state index contributed by atoms with van der Waals surface area (Å²) in [6, 6.07) is 5.16. The molecule has 0 aliphatic carbocycles. The summed E-state index contributed by atoms with van der Waals surface area (Å²) in [5.41, 5.74) is 4.85. The van der Waals surface area contributed by atoms with Crippen LogP contribution < -0.4 is 10.7 Å². The van der Waals surface area contributed by atoms with Gasteiger partial charge in [-0.25, -0.2) is 5.43 Å². The van der Waals surface area contributed by atoms with E-state index in [1.807, 2.05) is 6.92 Å². The standard InChI is InChI=1S/C15H17N3O3/c1-8-6-14(21)17-18-15(8)11-4-5-13(16-10(3)20)12(7-11)9(2)19/h4-5,7-8H,6H2,1-3H3,(H,16,20)(H,17,21). The van der Waals surface area contributed by atoms with Gasteiger partial charge in [-0.05, 0) is 24.6 Å². The number of ketones is 1. The van der Waals surface area contributed by atoms with Crippen LogP contribution in [0.2, 0.25) is 0 Å². The lowest BCUT2D eigenvalue weighted by molar-refractivity contribution is -0.122. The summed E-state index contributed by atoms with van der Waals surface area (Å²) in [6.45, 7) is 4.74. The minimum Gasteiger partial charge on any atom is -0.326 e. The summed E-state index contributed by atoms with van der Waals surface area (Å²) in [4.78, 5) is 34.2. The van der Waals surface area contributed by atoms with Crippen molar-refractivity contribution >= 4 is 29.0 Å². The summed E-state index contributed by atoms with van der Waals surface area (Å²) in [5, 5.41) is 6.71. The molecule has 1 aliphatic heterocycles. The van der Waals surface area contributed by atoms with Crippen LogP contribution in [0.1, 0.15) is 43.1 Å². The van der Waals surface area contributed by atoms with Gasteiger partial charge in [-0.1, -0.05) is 13.0 Å². The zero-order chi connectivity index (χ0) is 15.6. The van der Waals surface area contributed by atoms with Crippen molar-refractivity contribution in [3.8, 4) is 0 Å². The Morgan fingerprint density at radius 3 is 2.62 bits per heavy atom. The smallest absolute Gasteiger partial charge is 0.240 e. The van der Waals surface area contributed by atoms with Crippen LogP contribution in [0.5, 0.6) is 0 Å². The molecule has 6 nitrogen and oxygen atoms in total. The van der Waals surface area contributed by atoms with Crippen molar-refractivity contribution in [3.63, 3.8) is 0 Å². The van der Waals surface area contributed by atoms with E-state index in [0.717, 1.165) is 11.3 Å². The van der Waals surface area contributed by atoms with Crippen molar-refractivity contribution in [2.24, 2.45) is 11.0 Å². The van der Waals surface area contributed by atoms with Crippen molar-refractivity contribution in [2.75, 3.05) is 5.32 Å². The Labute approximate surface area is 122 Å². The van der Waals surface area contributed by atoms with Crippen LogP contribution in [0.15, 0.2) is 23.3 Å². The van der Waals surface area contributed by atoms with Gasteiger partial charge in [0.2, 0.25) is 11.8 Å². The minimum absolute atomic E-state index is 0.0230. The van der Waals surface area contributed by atoms with Gasteiger partial charge < -0.3 is 5.32 Å². The Kier molecular flexibility index (Phi) is 4.16. The van der Waals surface area contributed by atoms with Crippen LogP contribution in [-0.4, -0.2) is 23.3 Å². The monoisotopic (exact) mass is 287 g/mol. The summed E-state index contributed by atoms with van der Waals surface area (Å²) < 4.78 is 0. The van der Waals surface area contributed by atoms with Crippen molar-refractivity contribution < 1.29 is 14.4 Å². The third-order valence-electron chi connectivity index (χ3n) is 3.26. The van der Waals surface area contributed by atoms with E-state index in [2.05, 4.69) is 15.8 Å². The second kappa shape index (κ2) is 5.87. The number of nitrogens with zero attached hydrogens (tertiary/aromatic N) is 1. The van der Waals surface area contributed by atoms with E-state index in [4.69, 9.17) is 0 Å². The molecule has 1 aromatic carbocycles. The first kappa shape index (κ1) is 14.9. The molecule has 0 saturated carbocycles. The molecule has 0 fully saturated rings. The Hall–Kier alpha value is -2.50. The topological polar surface area (TPSA) is 87.6 Å². The van der Waals surface area contributed by atoms with Crippen LogP contribution in [0.25, 0.3) is 0 Å². The van der Waals surface area contributed by atoms with Gasteiger partial charge >= 0.3 is 0 Å². The maximum atomic E-state index is 11.8. The number of nitrogens with one attached hydrogen (secondary N) is 2. The number of anilines is 1. The fourth-order valence-electron chi connectivity index (χ4n) is 2.30. The lowest BCUT2D eigenvalue weighted by Crippen LogP contribution is -2.32. The fraction of sp³-hybridized carbons (Fsp3) is 0.333. The molecule has 21 heavy (non-hydrogen) atoms. The Morgan fingerprint density at radius 2 is 2.05 bits per heavy atom. The fourth-order valence-corrected chi connectivity index (χ4v) is 2.30. The highest BCUT2D eigenvalue weighted by atomic mass is 16.2. The lowest BCUT2D eigenvalue weighted by atomic mass is 9.92. The molecule has 2 rings (SSSR count). The SMILES string of the molecule is CC(=O)Nc1ccc(C2=NNC(=O)CC2C)cc1C(C)=O.